The van der Waals surface area contributed by atoms with Gasteiger partial charge in [-0.25, -0.2) is 9.18 Å². The average molecular weight is 224 g/mol. The van der Waals surface area contributed by atoms with E-state index >= 15 is 0 Å². The van der Waals surface area contributed by atoms with Gasteiger partial charge in [0.2, 0.25) is 0 Å². The summed E-state index contributed by atoms with van der Waals surface area (Å²) in [6.07, 6.45) is 0.363. The molecule has 1 aromatic rings. The van der Waals surface area contributed by atoms with E-state index in [1.165, 1.54) is 12.1 Å². The second kappa shape index (κ2) is 4.04. The number of carboxylic acids is 1. The monoisotopic (exact) mass is 224 g/mol. The lowest BCUT2D eigenvalue weighted by Gasteiger charge is -2.21. The van der Waals surface area contributed by atoms with Crippen LogP contribution in [-0.2, 0) is 5.41 Å². The first-order valence-corrected chi connectivity index (χ1v) is 4.80. The van der Waals surface area contributed by atoms with Crippen LogP contribution in [0.4, 0.5) is 4.39 Å². The van der Waals surface area contributed by atoms with Gasteiger partial charge in [0, 0.05) is 0 Å². The molecule has 4 heteroatoms. The zero-order valence-corrected chi connectivity index (χ0v) is 9.37. The van der Waals surface area contributed by atoms with Gasteiger partial charge in [0.25, 0.3) is 0 Å². The van der Waals surface area contributed by atoms with Gasteiger partial charge in [-0.1, -0.05) is 26.8 Å². The molecule has 0 fully saturated rings. The Bertz CT molecular complexity index is 444. The molecular formula is C12H13FO3. The van der Waals surface area contributed by atoms with E-state index in [1.807, 2.05) is 20.8 Å². The number of aldehydes is 1. The molecule has 0 bridgehead atoms. The van der Waals surface area contributed by atoms with Gasteiger partial charge in [-0.15, -0.1) is 0 Å². The molecule has 0 amide bonds. The van der Waals surface area contributed by atoms with E-state index in [1.54, 1.807) is 0 Å². The Labute approximate surface area is 92.9 Å². The predicted octanol–water partition coefficient (Wildman–Crippen LogP) is 2.63. The van der Waals surface area contributed by atoms with Gasteiger partial charge >= 0.3 is 5.97 Å². The third kappa shape index (κ3) is 2.10. The summed E-state index contributed by atoms with van der Waals surface area (Å²) >= 11 is 0. The Morgan fingerprint density at radius 1 is 1.38 bits per heavy atom. The first kappa shape index (κ1) is 12.4. The number of aromatic carboxylic acids is 1. The second-order valence-electron chi connectivity index (χ2n) is 4.56. The van der Waals surface area contributed by atoms with E-state index in [9.17, 15) is 14.0 Å². The van der Waals surface area contributed by atoms with Gasteiger partial charge in [0.1, 0.15) is 5.82 Å². The van der Waals surface area contributed by atoms with Crippen molar-refractivity contribution in [3.05, 3.63) is 34.6 Å². The highest BCUT2D eigenvalue weighted by Gasteiger charge is 2.23. The summed E-state index contributed by atoms with van der Waals surface area (Å²) in [5, 5.41) is 8.72. The lowest BCUT2D eigenvalue weighted by Crippen LogP contribution is -2.17. The number of halogens is 1. The Balaban J connectivity index is 3.53. The van der Waals surface area contributed by atoms with Gasteiger partial charge in [0.15, 0.2) is 6.29 Å². The molecule has 3 nitrogen and oxygen atoms in total. The molecule has 0 aliphatic heterocycles. The van der Waals surface area contributed by atoms with Crippen molar-refractivity contribution in [3.63, 3.8) is 0 Å². The quantitative estimate of drug-likeness (QED) is 0.785. The molecule has 0 radical (unpaired) electrons. The van der Waals surface area contributed by atoms with Crippen LogP contribution in [0.25, 0.3) is 0 Å². The van der Waals surface area contributed by atoms with Crippen LogP contribution in [0.3, 0.4) is 0 Å². The van der Waals surface area contributed by atoms with Crippen LogP contribution >= 0.6 is 0 Å². The van der Waals surface area contributed by atoms with Gasteiger partial charge in [-0.3, -0.25) is 4.79 Å². The highest BCUT2D eigenvalue weighted by molar-refractivity contribution is 5.91. The summed E-state index contributed by atoms with van der Waals surface area (Å²) in [5.41, 5.74) is -0.554. The molecular weight excluding hydrogens is 211 g/mol. The summed E-state index contributed by atoms with van der Waals surface area (Å²) < 4.78 is 13.7. The summed E-state index contributed by atoms with van der Waals surface area (Å²) in [4.78, 5) is 21.5. The van der Waals surface area contributed by atoms with Crippen molar-refractivity contribution < 1.29 is 19.1 Å². The Kier molecular flexibility index (Phi) is 3.12. The maximum absolute atomic E-state index is 13.7. The van der Waals surface area contributed by atoms with Crippen LogP contribution in [-0.4, -0.2) is 17.4 Å². The fraction of sp³-hybridized carbons (Fsp3) is 0.333. The van der Waals surface area contributed by atoms with Gasteiger partial charge < -0.3 is 5.11 Å². The fourth-order valence-electron chi connectivity index (χ4n) is 1.53. The van der Waals surface area contributed by atoms with E-state index in [2.05, 4.69) is 0 Å². The van der Waals surface area contributed by atoms with Crippen LogP contribution in [0.5, 0.6) is 0 Å². The summed E-state index contributed by atoms with van der Waals surface area (Å²) in [6, 6.07) is 2.67. The molecule has 0 saturated heterocycles. The lowest BCUT2D eigenvalue weighted by molar-refractivity contribution is 0.0691. The second-order valence-corrected chi connectivity index (χ2v) is 4.56. The molecule has 0 spiro atoms. The predicted molar refractivity (Wildman–Crippen MR) is 57.4 cm³/mol. The van der Waals surface area contributed by atoms with Crippen molar-refractivity contribution in [2.75, 3.05) is 0 Å². The maximum Gasteiger partial charge on any atom is 0.338 e. The molecule has 0 unspecified atom stereocenters. The van der Waals surface area contributed by atoms with Crippen LogP contribution in [0.15, 0.2) is 12.1 Å². The number of carbonyl (C=O) groups is 2. The smallest absolute Gasteiger partial charge is 0.338 e. The van der Waals surface area contributed by atoms with Crippen molar-refractivity contribution in [2.45, 2.75) is 26.2 Å². The third-order valence-electron chi connectivity index (χ3n) is 2.34. The first-order valence-electron chi connectivity index (χ1n) is 4.80. The lowest BCUT2D eigenvalue weighted by atomic mass is 9.83. The molecule has 1 N–H and O–H groups in total. The molecule has 86 valence electrons. The molecule has 0 aliphatic carbocycles. The van der Waals surface area contributed by atoms with Crippen LogP contribution in [0, 0.1) is 5.82 Å². The van der Waals surface area contributed by atoms with Gasteiger partial charge in [-0.05, 0) is 17.0 Å². The summed E-state index contributed by atoms with van der Waals surface area (Å²) in [6.45, 7) is 5.49. The van der Waals surface area contributed by atoms with Crippen LogP contribution in [0.1, 0.15) is 47.1 Å². The zero-order valence-electron chi connectivity index (χ0n) is 9.37. The SMILES string of the molecule is CC(C)(C)c1ccc(C(=O)O)c(F)c1C=O. The first-order chi connectivity index (χ1) is 7.29. The molecule has 16 heavy (non-hydrogen) atoms. The van der Waals surface area contributed by atoms with E-state index < -0.39 is 22.8 Å². The summed E-state index contributed by atoms with van der Waals surface area (Å²) in [7, 11) is 0. The number of carbonyl (C=O) groups excluding carboxylic acids is 1. The molecule has 1 rings (SSSR count). The topological polar surface area (TPSA) is 54.4 Å². The van der Waals surface area contributed by atoms with Crippen molar-refractivity contribution in [3.8, 4) is 0 Å². The third-order valence-corrected chi connectivity index (χ3v) is 2.34. The van der Waals surface area contributed by atoms with E-state index in [4.69, 9.17) is 5.11 Å². The van der Waals surface area contributed by atoms with Crippen molar-refractivity contribution >= 4 is 12.3 Å². The normalized spacial score (nSPS) is 11.2. The highest BCUT2D eigenvalue weighted by Crippen LogP contribution is 2.28. The number of benzene rings is 1. The summed E-state index contributed by atoms with van der Waals surface area (Å²) in [5.74, 6) is -2.34. The average Bonchev–Trinajstić information content (AvgIpc) is 2.15. The van der Waals surface area contributed by atoms with Crippen molar-refractivity contribution in [1.82, 2.24) is 0 Å². The van der Waals surface area contributed by atoms with E-state index in [0.717, 1.165) is 0 Å². The standard InChI is InChI=1S/C12H13FO3/c1-12(2,3)9-5-4-7(11(15)16)10(13)8(9)6-14/h4-6H,1-3H3,(H,15,16). The number of carboxylic acid groups (broad SMARTS) is 1. The minimum Gasteiger partial charge on any atom is -0.478 e. The van der Waals surface area contributed by atoms with E-state index in [-0.39, 0.29) is 5.56 Å². The molecule has 0 aliphatic rings. The number of rotatable bonds is 2. The van der Waals surface area contributed by atoms with Gasteiger partial charge in [0.05, 0.1) is 11.1 Å². The maximum atomic E-state index is 13.7. The minimum atomic E-state index is -1.37. The van der Waals surface area contributed by atoms with Crippen molar-refractivity contribution in [1.29, 1.82) is 0 Å². The van der Waals surface area contributed by atoms with E-state index in [0.29, 0.717) is 11.8 Å². The van der Waals surface area contributed by atoms with Crippen molar-refractivity contribution in [2.24, 2.45) is 0 Å². The fourth-order valence-corrected chi connectivity index (χ4v) is 1.53. The van der Waals surface area contributed by atoms with Crippen LogP contribution < -0.4 is 0 Å². The number of hydrogen-bond donors (Lipinski definition) is 1. The minimum absolute atomic E-state index is 0.174. The van der Waals surface area contributed by atoms with Crippen LogP contribution in [0.2, 0.25) is 0 Å². The zero-order chi connectivity index (χ0) is 12.5. The Morgan fingerprint density at radius 3 is 2.31 bits per heavy atom. The Hall–Kier alpha value is -1.71. The molecule has 0 atom stereocenters. The van der Waals surface area contributed by atoms with Gasteiger partial charge in [-0.2, -0.15) is 0 Å². The molecule has 0 saturated carbocycles. The highest BCUT2D eigenvalue weighted by atomic mass is 19.1. The molecule has 0 heterocycles. The largest absolute Gasteiger partial charge is 0.478 e. The molecule has 0 aromatic heterocycles. The number of hydrogen-bond acceptors (Lipinski definition) is 2. The Morgan fingerprint density at radius 2 is 1.94 bits per heavy atom. The molecule has 1 aromatic carbocycles.